The molecular weight excluding hydrogens is 176 g/mol. The molecule has 0 radical (unpaired) electrons. The Kier molecular flexibility index (Phi) is 3.22. The van der Waals surface area contributed by atoms with E-state index in [0.29, 0.717) is 12.0 Å². The summed E-state index contributed by atoms with van der Waals surface area (Å²) in [6, 6.07) is 4.51. The molecule has 2 unspecified atom stereocenters. The van der Waals surface area contributed by atoms with Gasteiger partial charge in [0.05, 0.1) is 12.8 Å². The first-order valence-electron chi connectivity index (χ1n) is 5.36. The molecule has 0 bridgehead atoms. The molecule has 2 rings (SSSR count). The van der Waals surface area contributed by atoms with Crippen LogP contribution in [0.15, 0.2) is 22.8 Å². The van der Waals surface area contributed by atoms with Crippen LogP contribution in [0, 0.1) is 5.92 Å². The van der Waals surface area contributed by atoms with E-state index in [2.05, 4.69) is 5.32 Å². The van der Waals surface area contributed by atoms with Crippen LogP contribution in [0.5, 0.6) is 0 Å². The molecule has 0 saturated heterocycles. The molecule has 0 amide bonds. The third kappa shape index (κ3) is 2.16. The molecule has 1 fully saturated rings. The van der Waals surface area contributed by atoms with Crippen molar-refractivity contribution in [2.24, 2.45) is 11.7 Å². The lowest BCUT2D eigenvalue weighted by molar-refractivity contribution is 0.382. The number of hydrogen-bond acceptors (Lipinski definition) is 3. The Bertz CT molecular complexity index is 258. The third-order valence-corrected chi connectivity index (χ3v) is 3.08. The molecule has 3 heteroatoms. The van der Waals surface area contributed by atoms with Crippen molar-refractivity contribution in [3.63, 3.8) is 0 Å². The summed E-state index contributed by atoms with van der Waals surface area (Å²) in [6.45, 7) is 1.63. The highest BCUT2D eigenvalue weighted by molar-refractivity contribution is 4.98. The summed E-state index contributed by atoms with van der Waals surface area (Å²) >= 11 is 0. The van der Waals surface area contributed by atoms with Gasteiger partial charge in [-0.25, -0.2) is 0 Å². The summed E-state index contributed by atoms with van der Waals surface area (Å²) in [4.78, 5) is 0. The van der Waals surface area contributed by atoms with Gasteiger partial charge in [0.2, 0.25) is 0 Å². The maximum Gasteiger partial charge on any atom is 0.117 e. The Hall–Kier alpha value is -0.800. The fraction of sp³-hybridized carbons (Fsp3) is 0.636. The van der Waals surface area contributed by atoms with Gasteiger partial charge in [0, 0.05) is 6.04 Å². The van der Waals surface area contributed by atoms with Crippen molar-refractivity contribution in [2.75, 3.05) is 6.54 Å². The van der Waals surface area contributed by atoms with Gasteiger partial charge in [-0.2, -0.15) is 0 Å². The highest BCUT2D eigenvalue weighted by atomic mass is 16.3. The van der Waals surface area contributed by atoms with Crippen LogP contribution in [0.1, 0.15) is 25.0 Å². The average Bonchev–Trinajstić information content (AvgIpc) is 2.85. The maximum atomic E-state index is 5.71. The van der Waals surface area contributed by atoms with Gasteiger partial charge in [-0.15, -0.1) is 0 Å². The van der Waals surface area contributed by atoms with Crippen molar-refractivity contribution < 1.29 is 4.42 Å². The molecule has 78 valence electrons. The first-order chi connectivity index (χ1) is 6.90. The van der Waals surface area contributed by atoms with Gasteiger partial charge in [-0.3, -0.25) is 0 Å². The number of rotatable bonds is 4. The summed E-state index contributed by atoms with van der Waals surface area (Å²) in [5.74, 6) is 1.66. The molecule has 3 N–H and O–H groups in total. The lowest BCUT2D eigenvalue weighted by atomic mass is 10.0. The molecule has 1 aliphatic carbocycles. The van der Waals surface area contributed by atoms with E-state index in [9.17, 15) is 0 Å². The Morgan fingerprint density at radius 2 is 2.43 bits per heavy atom. The average molecular weight is 194 g/mol. The molecule has 0 spiro atoms. The van der Waals surface area contributed by atoms with Gasteiger partial charge in [0.1, 0.15) is 5.76 Å². The Morgan fingerprint density at radius 1 is 1.50 bits per heavy atom. The van der Waals surface area contributed by atoms with Gasteiger partial charge in [-0.1, -0.05) is 6.42 Å². The molecule has 1 aromatic heterocycles. The molecule has 2 atom stereocenters. The highest BCUT2D eigenvalue weighted by Crippen LogP contribution is 2.24. The molecule has 1 heterocycles. The van der Waals surface area contributed by atoms with Crippen molar-refractivity contribution in [1.82, 2.24) is 5.32 Å². The summed E-state index contributed by atoms with van der Waals surface area (Å²) in [7, 11) is 0. The molecule has 1 aromatic rings. The summed E-state index contributed by atoms with van der Waals surface area (Å²) in [6.07, 6.45) is 5.54. The van der Waals surface area contributed by atoms with Gasteiger partial charge >= 0.3 is 0 Å². The van der Waals surface area contributed by atoms with E-state index in [-0.39, 0.29) is 0 Å². The minimum Gasteiger partial charge on any atom is -0.468 e. The van der Waals surface area contributed by atoms with E-state index in [1.165, 1.54) is 19.3 Å². The van der Waals surface area contributed by atoms with Crippen molar-refractivity contribution in [1.29, 1.82) is 0 Å². The van der Waals surface area contributed by atoms with E-state index in [1.54, 1.807) is 6.26 Å². The zero-order chi connectivity index (χ0) is 9.80. The minimum absolute atomic E-state index is 0.588. The standard InChI is InChI=1S/C11H18N2O/c12-7-9-3-1-5-11(9)13-8-10-4-2-6-14-10/h2,4,6,9,11,13H,1,3,5,7-8,12H2. The van der Waals surface area contributed by atoms with E-state index < -0.39 is 0 Å². The molecule has 3 nitrogen and oxygen atoms in total. The first kappa shape index (κ1) is 9.74. The second-order valence-corrected chi connectivity index (χ2v) is 3.99. The van der Waals surface area contributed by atoms with Crippen molar-refractivity contribution in [2.45, 2.75) is 31.8 Å². The molecule has 1 aliphatic rings. The molecular formula is C11H18N2O. The smallest absolute Gasteiger partial charge is 0.117 e. The lowest BCUT2D eigenvalue weighted by Gasteiger charge is -2.18. The van der Waals surface area contributed by atoms with Crippen LogP contribution in [0.25, 0.3) is 0 Å². The third-order valence-electron chi connectivity index (χ3n) is 3.08. The monoisotopic (exact) mass is 194 g/mol. The maximum absolute atomic E-state index is 5.71. The number of hydrogen-bond donors (Lipinski definition) is 2. The Morgan fingerprint density at radius 3 is 3.14 bits per heavy atom. The topological polar surface area (TPSA) is 51.2 Å². The second kappa shape index (κ2) is 4.62. The quantitative estimate of drug-likeness (QED) is 0.763. The van der Waals surface area contributed by atoms with Crippen LogP contribution < -0.4 is 11.1 Å². The largest absolute Gasteiger partial charge is 0.468 e. The van der Waals surface area contributed by atoms with Crippen LogP contribution in [-0.4, -0.2) is 12.6 Å². The van der Waals surface area contributed by atoms with Crippen LogP contribution >= 0.6 is 0 Å². The summed E-state index contributed by atoms with van der Waals surface area (Å²) < 4.78 is 5.27. The predicted octanol–water partition coefficient (Wildman–Crippen LogP) is 1.50. The van der Waals surface area contributed by atoms with Gasteiger partial charge in [-0.05, 0) is 37.4 Å². The number of nitrogens with one attached hydrogen (secondary N) is 1. The molecule has 0 aromatic carbocycles. The van der Waals surface area contributed by atoms with Crippen molar-refractivity contribution >= 4 is 0 Å². The number of nitrogens with two attached hydrogens (primary N) is 1. The number of furan rings is 1. The van der Waals surface area contributed by atoms with Gasteiger partial charge in [0.25, 0.3) is 0 Å². The highest BCUT2D eigenvalue weighted by Gasteiger charge is 2.25. The zero-order valence-corrected chi connectivity index (χ0v) is 8.41. The fourth-order valence-corrected chi connectivity index (χ4v) is 2.23. The van der Waals surface area contributed by atoms with Gasteiger partial charge < -0.3 is 15.5 Å². The van der Waals surface area contributed by atoms with Crippen LogP contribution in [0.2, 0.25) is 0 Å². The summed E-state index contributed by atoms with van der Waals surface area (Å²) in [5.41, 5.74) is 5.71. The van der Waals surface area contributed by atoms with Crippen molar-refractivity contribution in [3.8, 4) is 0 Å². The van der Waals surface area contributed by atoms with E-state index >= 15 is 0 Å². The zero-order valence-electron chi connectivity index (χ0n) is 8.41. The summed E-state index contributed by atoms with van der Waals surface area (Å²) in [5, 5.41) is 3.51. The van der Waals surface area contributed by atoms with E-state index in [0.717, 1.165) is 18.8 Å². The lowest BCUT2D eigenvalue weighted by Crippen LogP contribution is -2.35. The minimum atomic E-state index is 0.588. The Labute approximate surface area is 84.7 Å². The van der Waals surface area contributed by atoms with E-state index in [1.807, 2.05) is 12.1 Å². The Balaban J connectivity index is 1.80. The molecule has 0 aliphatic heterocycles. The first-order valence-corrected chi connectivity index (χ1v) is 5.36. The predicted molar refractivity (Wildman–Crippen MR) is 55.7 cm³/mol. The van der Waals surface area contributed by atoms with Crippen LogP contribution in [0.4, 0.5) is 0 Å². The van der Waals surface area contributed by atoms with Crippen LogP contribution in [-0.2, 0) is 6.54 Å². The second-order valence-electron chi connectivity index (χ2n) is 3.99. The molecule has 14 heavy (non-hydrogen) atoms. The van der Waals surface area contributed by atoms with Crippen LogP contribution in [0.3, 0.4) is 0 Å². The SMILES string of the molecule is NCC1CCCC1NCc1ccco1. The normalized spacial score (nSPS) is 26.9. The van der Waals surface area contributed by atoms with E-state index in [4.69, 9.17) is 10.2 Å². The van der Waals surface area contributed by atoms with Crippen molar-refractivity contribution in [3.05, 3.63) is 24.2 Å². The molecule has 1 saturated carbocycles. The fourth-order valence-electron chi connectivity index (χ4n) is 2.23. The van der Waals surface area contributed by atoms with Gasteiger partial charge in [0.15, 0.2) is 0 Å².